The summed E-state index contributed by atoms with van der Waals surface area (Å²) in [4.78, 5) is 2.43. The van der Waals surface area contributed by atoms with Crippen LogP contribution in [0.15, 0.2) is 18.2 Å². The summed E-state index contributed by atoms with van der Waals surface area (Å²) >= 11 is 6.24. The number of likely N-dealkylation sites (tertiary alicyclic amines) is 1. The number of hydrogen-bond acceptors (Lipinski definition) is 2. The molecule has 0 aliphatic carbocycles. The quantitative estimate of drug-likeness (QED) is 0.652. The fraction of sp³-hybridized carbons (Fsp3) is 0.500. The van der Waals surface area contributed by atoms with Crippen molar-refractivity contribution in [2.45, 2.75) is 26.8 Å². The Hall–Kier alpha value is -1.06. The summed E-state index contributed by atoms with van der Waals surface area (Å²) in [7, 11) is 0. The van der Waals surface area contributed by atoms with E-state index >= 15 is 0 Å². The molecular formula is C14H20ClN3. The lowest BCUT2D eigenvalue weighted by atomic mass is 9.93. The molecule has 1 heterocycles. The first-order chi connectivity index (χ1) is 8.37. The summed E-state index contributed by atoms with van der Waals surface area (Å²) < 4.78 is 0. The molecular weight excluding hydrogens is 246 g/mol. The standard InChI is InChI=1S/C14H20ClN3/c1-14(2)5-6-18(9-14)8-11-4-3-10(13(16)17)7-12(11)15/h3-4,7H,5-6,8-9H2,1-2H3,(H3,16,17). The first-order valence-corrected chi connectivity index (χ1v) is 6.60. The van der Waals surface area contributed by atoms with Gasteiger partial charge in [-0.1, -0.05) is 37.6 Å². The van der Waals surface area contributed by atoms with Crippen molar-refractivity contribution in [2.75, 3.05) is 13.1 Å². The molecule has 98 valence electrons. The second-order valence-electron chi connectivity index (χ2n) is 5.84. The van der Waals surface area contributed by atoms with Gasteiger partial charge in [-0.3, -0.25) is 10.3 Å². The molecule has 18 heavy (non-hydrogen) atoms. The lowest BCUT2D eigenvalue weighted by Crippen LogP contribution is -2.23. The molecule has 2 rings (SSSR count). The van der Waals surface area contributed by atoms with E-state index in [1.54, 1.807) is 6.07 Å². The highest BCUT2D eigenvalue weighted by Crippen LogP contribution is 2.30. The highest BCUT2D eigenvalue weighted by atomic mass is 35.5. The molecule has 3 nitrogen and oxygen atoms in total. The van der Waals surface area contributed by atoms with E-state index in [0.29, 0.717) is 16.0 Å². The number of hydrogen-bond donors (Lipinski definition) is 2. The van der Waals surface area contributed by atoms with Gasteiger partial charge in [0.05, 0.1) is 0 Å². The zero-order valence-corrected chi connectivity index (χ0v) is 11.7. The van der Waals surface area contributed by atoms with Gasteiger partial charge in [0.15, 0.2) is 0 Å². The number of halogens is 1. The maximum atomic E-state index is 7.39. The van der Waals surface area contributed by atoms with Crippen molar-refractivity contribution < 1.29 is 0 Å². The Morgan fingerprint density at radius 1 is 1.50 bits per heavy atom. The van der Waals surface area contributed by atoms with Crippen molar-refractivity contribution >= 4 is 17.4 Å². The van der Waals surface area contributed by atoms with E-state index in [-0.39, 0.29) is 5.84 Å². The third-order valence-corrected chi connectivity index (χ3v) is 3.87. The first-order valence-electron chi connectivity index (χ1n) is 6.23. The number of rotatable bonds is 3. The van der Waals surface area contributed by atoms with Crippen molar-refractivity contribution in [3.05, 3.63) is 34.3 Å². The van der Waals surface area contributed by atoms with Crippen molar-refractivity contribution in [1.82, 2.24) is 4.90 Å². The van der Waals surface area contributed by atoms with E-state index in [2.05, 4.69) is 18.7 Å². The molecule has 4 heteroatoms. The van der Waals surface area contributed by atoms with Crippen LogP contribution in [0.4, 0.5) is 0 Å². The fourth-order valence-corrected chi connectivity index (χ4v) is 2.68. The molecule has 1 aliphatic rings. The lowest BCUT2D eigenvalue weighted by molar-refractivity contribution is 0.284. The van der Waals surface area contributed by atoms with E-state index in [9.17, 15) is 0 Å². The zero-order valence-electron chi connectivity index (χ0n) is 11.0. The molecule has 0 spiro atoms. The van der Waals surface area contributed by atoms with Gasteiger partial charge in [0.2, 0.25) is 0 Å². The van der Waals surface area contributed by atoms with Gasteiger partial charge in [0, 0.05) is 23.7 Å². The van der Waals surface area contributed by atoms with Gasteiger partial charge in [-0.25, -0.2) is 0 Å². The molecule has 1 fully saturated rings. The van der Waals surface area contributed by atoms with Crippen molar-refractivity contribution in [2.24, 2.45) is 11.1 Å². The van der Waals surface area contributed by atoms with E-state index in [4.69, 9.17) is 22.7 Å². The fourth-order valence-electron chi connectivity index (χ4n) is 2.44. The Balaban J connectivity index is 2.09. The van der Waals surface area contributed by atoms with Crippen molar-refractivity contribution in [3.63, 3.8) is 0 Å². The Morgan fingerprint density at radius 3 is 2.72 bits per heavy atom. The van der Waals surface area contributed by atoms with E-state index in [0.717, 1.165) is 25.2 Å². The van der Waals surface area contributed by atoms with Crippen molar-refractivity contribution in [1.29, 1.82) is 5.41 Å². The SMILES string of the molecule is CC1(C)CCN(Cc2ccc(C(=N)N)cc2Cl)C1. The average molecular weight is 266 g/mol. The predicted molar refractivity (Wildman–Crippen MR) is 76.1 cm³/mol. The van der Waals surface area contributed by atoms with Gasteiger partial charge < -0.3 is 5.73 Å². The van der Waals surface area contributed by atoms with Crippen LogP contribution in [0.5, 0.6) is 0 Å². The molecule has 0 radical (unpaired) electrons. The number of benzene rings is 1. The summed E-state index contributed by atoms with van der Waals surface area (Å²) in [5.41, 5.74) is 7.65. The minimum Gasteiger partial charge on any atom is -0.384 e. The summed E-state index contributed by atoms with van der Waals surface area (Å²) in [6.45, 7) is 7.71. The van der Waals surface area contributed by atoms with E-state index < -0.39 is 0 Å². The number of nitrogens with zero attached hydrogens (tertiary/aromatic N) is 1. The second-order valence-corrected chi connectivity index (χ2v) is 6.25. The van der Waals surface area contributed by atoms with Gasteiger partial charge in [0.1, 0.15) is 5.84 Å². The predicted octanol–water partition coefficient (Wildman–Crippen LogP) is 2.86. The van der Waals surface area contributed by atoms with Crippen molar-refractivity contribution in [3.8, 4) is 0 Å². The Kier molecular flexibility index (Phi) is 3.64. The number of nitrogens with one attached hydrogen (secondary N) is 1. The van der Waals surface area contributed by atoms with Gasteiger partial charge in [-0.05, 0) is 30.0 Å². The molecule has 0 unspecified atom stereocenters. The van der Waals surface area contributed by atoms with Crippen LogP contribution in [-0.4, -0.2) is 23.8 Å². The molecule has 0 amide bonds. The summed E-state index contributed by atoms with van der Waals surface area (Å²) in [6, 6.07) is 5.62. The number of nitrogens with two attached hydrogens (primary N) is 1. The molecule has 3 N–H and O–H groups in total. The van der Waals surface area contributed by atoms with Crippen LogP contribution in [0.2, 0.25) is 5.02 Å². The molecule has 0 aromatic heterocycles. The number of amidine groups is 1. The normalized spacial score (nSPS) is 19.1. The maximum absolute atomic E-state index is 7.39. The molecule has 0 atom stereocenters. The van der Waals surface area contributed by atoms with Crippen LogP contribution in [0.3, 0.4) is 0 Å². The van der Waals surface area contributed by atoms with Crippen LogP contribution < -0.4 is 5.73 Å². The highest BCUT2D eigenvalue weighted by Gasteiger charge is 2.29. The Bertz CT molecular complexity index is 468. The third-order valence-electron chi connectivity index (χ3n) is 3.51. The summed E-state index contributed by atoms with van der Waals surface area (Å²) in [6.07, 6.45) is 1.23. The maximum Gasteiger partial charge on any atom is 0.122 e. The average Bonchev–Trinajstić information content (AvgIpc) is 2.61. The van der Waals surface area contributed by atoms with E-state index in [1.807, 2.05) is 12.1 Å². The van der Waals surface area contributed by atoms with Gasteiger partial charge >= 0.3 is 0 Å². The Labute approximate surface area is 113 Å². The molecule has 0 bridgehead atoms. The smallest absolute Gasteiger partial charge is 0.122 e. The molecule has 1 saturated heterocycles. The Morgan fingerprint density at radius 2 is 2.22 bits per heavy atom. The minimum absolute atomic E-state index is 0.0609. The first kappa shape index (κ1) is 13.4. The largest absolute Gasteiger partial charge is 0.384 e. The van der Waals surface area contributed by atoms with Crippen LogP contribution >= 0.6 is 11.6 Å². The van der Waals surface area contributed by atoms with E-state index in [1.165, 1.54) is 6.42 Å². The summed E-state index contributed by atoms with van der Waals surface area (Å²) in [5.74, 6) is 0.0609. The van der Waals surface area contributed by atoms with Gasteiger partial charge in [-0.15, -0.1) is 0 Å². The molecule has 1 aliphatic heterocycles. The zero-order chi connectivity index (χ0) is 13.3. The minimum atomic E-state index is 0.0609. The van der Waals surface area contributed by atoms with Crippen LogP contribution in [0.1, 0.15) is 31.4 Å². The summed E-state index contributed by atoms with van der Waals surface area (Å²) in [5, 5.41) is 8.09. The van der Waals surface area contributed by atoms with Crippen LogP contribution in [0, 0.1) is 10.8 Å². The van der Waals surface area contributed by atoms with Crippen LogP contribution in [-0.2, 0) is 6.54 Å². The topological polar surface area (TPSA) is 53.1 Å². The van der Waals surface area contributed by atoms with Gasteiger partial charge in [-0.2, -0.15) is 0 Å². The number of nitrogen functional groups attached to an aromatic ring is 1. The molecule has 1 aromatic rings. The monoisotopic (exact) mass is 265 g/mol. The molecule has 0 saturated carbocycles. The van der Waals surface area contributed by atoms with Gasteiger partial charge in [0.25, 0.3) is 0 Å². The van der Waals surface area contributed by atoms with Crippen LogP contribution in [0.25, 0.3) is 0 Å². The second kappa shape index (κ2) is 4.90. The lowest BCUT2D eigenvalue weighted by Gasteiger charge is -2.20. The molecule has 1 aromatic carbocycles. The highest BCUT2D eigenvalue weighted by molar-refractivity contribution is 6.31. The third kappa shape index (κ3) is 3.03.